The van der Waals surface area contributed by atoms with Gasteiger partial charge in [-0.05, 0) is 36.5 Å². The molecule has 1 aliphatic carbocycles. The first-order valence-corrected chi connectivity index (χ1v) is 5.81. The number of rotatable bonds is 4. The van der Waals surface area contributed by atoms with Gasteiger partial charge in [-0.15, -0.1) is 0 Å². The summed E-state index contributed by atoms with van der Waals surface area (Å²) >= 11 is 0. The first-order chi connectivity index (χ1) is 7.72. The van der Waals surface area contributed by atoms with Crippen LogP contribution in [0.4, 0.5) is 0 Å². The molecule has 1 unspecified atom stereocenters. The first kappa shape index (κ1) is 11.2. The Labute approximate surface area is 96.6 Å². The topological polar surface area (TPSA) is 29.5 Å². The van der Waals surface area contributed by atoms with Crippen LogP contribution in [0.3, 0.4) is 0 Å². The van der Waals surface area contributed by atoms with Gasteiger partial charge in [0.15, 0.2) is 0 Å². The molecular weight excluding hydrogens is 200 g/mol. The smallest absolute Gasteiger partial charge is 0.123 e. The lowest BCUT2D eigenvalue weighted by Crippen LogP contribution is -2.02. The number of aliphatic hydroxyl groups excluding tert-OH is 1. The second-order valence-electron chi connectivity index (χ2n) is 4.27. The van der Waals surface area contributed by atoms with Gasteiger partial charge in [0.1, 0.15) is 12.4 Å². The molecule has 2 nitrogen and oxygen atoms in total. The van der Waals surface area contributed by atoms with Crippen molar-refractivity contribution in [3.05, 3.63) is 41.5 Å². The van der Waals surface area contributed by atoms with Gasteiger partial charge >= 0.3 is 0 Å². The zero-order valence-corrected chi connectivity index (χ0v) is 9.70. The molecule has 1 N–H and O–H groups in total. The molecule has 16 heavy (non-hydrogen) atoms. The molecule has 0 amide bonds. The summed E-state index contributed by atoms with van der Waals surface area (Å²) in [5, 5.41) is 9.76. The van der Waals surface area contributed by atoms with Gasteiger partial charge in [0.05, 0.1) is 6.10 Å². The van der Waals surface area contributed by atoms with E-state index in [2.05, 4.69) is 13.5 Å². The van der Waals surface area contributed by atoms with Gasteiger partial charge in [-0.25, -0.2) is 0 Å². The highest BCUT2D eigenvalue weighted by Crippen LogP contribution is 2.36. The molecule has 2 heteroatoms. The molecule has 1 aromatic carbocycles. The molecule has 2 rings (SSSR count). The highest BCUT2D eigenvalue weighted by atomic mass is 16.5. The van der Waals surface area contributed by atoms with Crippen molar-refractivity contribution < 1.29 is 9.84 Å². The van der Waals surface area contributed by atoms with Crippen LogP contribution in [0.5, 0.6) is 5.75 Å². The minimum atomic E-state index is -0.312. The average Bonchev–Trinajstić information content (AvgIpc) is 2.69. The maximum atomic E-state index is 9.76. The van der Waals surface area contributed by atoms with E-state index in [1.54, 1.807) is 0 Å². The predicted octanol–water partition coefficient (Wildman–Crippen LogP) is 3.01. The van der Waals surface area contributed by atoms with E-state index >= 15 is 0 Å². The number of fused-ring (bicyclic) bond motifs is 1. The van der Waals surface area contributed by atoms with Crippen molar-refractivity contribution in [2.24, 2.45) is 0 Å². The fourth-order valence-corrected chi connectivity index (χ4v) is 2.02. The van der Waals surface area contributed by atoms with E-state index in [1.165, 1.54) is 5.56 Å². The quantitative estimate of drug-likeness (QED) is 0.787. The second kappa shape index (κ2) is 4.71. The van der Waals surface area contributed by atoms with Gasteiger partial charge in [0.25, 0.3) is 0 Å². The summed E-state index contributed by atoms with van der Waals surface area (Å²) in [5.74, 6) is 0.906. The van der Waals surface area contributed by atoms with E-state index in [0.717, 1.165) is 36.1 Å². The molecule has 86 valence electrons. The molecule has 1 aliphatic rings. The van der Waals surface area contributed by atoms with Crippen LogP contribution in [-0.4, -0.2) is 11.7 Å². The summed E-state index contributed by atoms with van der Waals surface area (Å²) < 4.78 is 5.74. The number of benzene rings is 1. The zero-order chi connectivity index (χ0) is 11.5. The van der Waals surface area contributed by atoms with Crippen LogP contribution in [0, 0.1) is 0 Å². The lowest BCUT2D eigenvalue weighted by molar-refractivity contribution is 0.180. The number of aliphatic hydroxyl groups is 1. The minimum Gasteiger partial charge on any atom is -0.489 e. The Morgan fingerprint density at radius 1 is 1.56 bits per heavy atom. The standard InChI is InChI=1S/C14H18O2/c1-3-10(2)9-16-14-6-4-5-11-12(14)7-8-13(11)15/h4-6,13,15H,2-3,7-9H2,1H3. The first-order valence-electron chi connectivity index (χ1n) is 5.81. The van der Waals surface area contributed by atoms with Gasteiger partial charge < -0.3 is 9.84 Å². The minimum absolute atomic E-state index is 0.312. The Bertz CT molecular complexity index is 396. The Balaban J connectivity index is 2.14. The molecule has 0 aromatic heterocycles. The molecule has 0 heterocycles. The van der Waals surface area contributed by atoms with Crippen LogP contribution in [0.25, 0.3) is 0 Å². The van der Waals surface area contributed by atoms with E-state index in [-0.39, 0.29) is 6.10 Å². The van der Waals surface area contributed by atoms with Crippen molar-refractivity contribution in [3.8, 4) is 5.75 Å². The summed E-state index contributed by atoms with van der Waals surface area (Å²) in [6.07, 6.45) is 2.35. The van der Waals surface area contributed by atoms with E-state index < -0.39 is 0 Å². The number of ether oxygens (including phenoxy) is 1. The molecule has 0 radical (unpaired) electrons. The summed E-state index contributed by atoms with van der Waals surface area (Å²) in [5.41, 5.74) is 3.29. The number of hydrogen-bond acceptors (Lipinski definition) is 2. The average molecular weight is 218 g/mol. The Morgan fingerprint density at radius 2 is 2.38 bits per heavy atom. The lowest BCUT2D eigenvalue weighted by atomic mass is 10.1. The molecule has 1 aromatic rings. The van der Waals surface area contributed by atoms with Gasteiger partial charge in [0, 0.05) is 5.56 Å². The van der Waals surface area contributed by atoms with Crippen molar-refractivity contribution in [1.82, 2.24) is 0 Å². The third-order valence-corrected chi connectivity index (χ3v) is 3.13. The van der Waals surface area contributed by atoms with Crippen molar-refractivity contribution in [3.63, 3.8) is 0 Å². The van der Waals surface area contributed by atoms with Gasteiger partial charge in [-0.3, -0.25) is 0 Å². The maximum absolute atomic E-state index is 9.76. The number of hydrogen-bond donors (Lipinski definition) is 1. The molecule has 0 aliphatic heterocycles. The zero-order valence-electron chi connectivity index (χ0n) is 9.70. The molecule has 0 bridgehead atoms. The Morgan fingerprint density at radius 3 is 3.12 bits per heavy atom. The molecule has 0 saturated carbocycles. The van der Waals surface area contributed by atoms with Crippen LogP contribution >= 0.6 is 0 Å². The largest absolute Gasteiger partial charge is 0.489 e. The summed E-state index contributed by atoms with van der Waals surface area (Å²) in [6, 6.07) is 5.89. The molecule has 1 atom stereocenters. The Hall–Kier alpha value is -1.28. The summed E-state index contributed by atoms with van der Waals surface area (Å²) in [6.45, 7) is 6.57. The van der Waals surface area contributed by atoms with Gasteiger partial charge in [0.2, 0.25) is 0 Å². The fourth-order valence-electron chi connectivity index (χ4n) is 2.02. The highest BCUT2D eigenvalue weighted by molar-refractivity contribution is 5.44. The van der Waals surface area contributed by atoms with Crippen molar-refractivity contribution in [2.45, 2.75) is 32.3 Å². The highest BCUT2D eigenvalue weighted by Gasteiger charge is 2.22. The monoisotopic (exact) mass is 218 g/mol. The van der Waals surface area contributed by atoms with E-state index in [1.807, 2.05) is 18.2 Å². The SMILES string of the molecule is C=C(CC)COc1cccc2c1CCC2O. The third kappa shape index (κ3) is 2.12. The molecule has 0 spiro atoms. The Kier molecular flexibility index (Phi) is 3.30. The summed E-state index contributed by atoms with van der Waals surface area (Å²) in [7, 11) is 0. The van der Waals surface area contributed by atoms with E-state index in [9.17, 15) is 5.11 Å². The normalized spacial score (nSPS) is 18.2. The van der Waals surface area contributed by atoms with Gasteiger partial charge in [-0.2, -0.15) is 0 Å². The van der Waals surface area contributed by atoms with Crippen LogP contribution in [0.1, 0.15) is 37.0 Å². The second-order valence-corrected chi connectivity index (χ2v) is 4.27. The van der Waals surface area contributed by atoms with Crippen LogP contribution in [0.2, 0.25) is 0 Å². The van der Waals surface area contributed by atoms with Crippen molar-refractivity contribution >= 4 is 0 Å². The van der Waals surface area contributed by atoms with E-state index in [0.29, 0.717) is 6.61 Å². The maximum Gasteiger partial charge on any atom is 0.123 e. The third-order valence-electron chi connectivity index (χ3n) is 3.13. The summed E-state index contributed by atoms with van der Waals surface area (Å²) in [4.78, 5) is 0. The van der Waals surface area contributed by atoms with Crippen LogP contribution in [0.15, 0.2) is 30.4 Å². The molecular formula is C14H18O2. The lowest BCUT2D eigenvalue weighted by Gasteiger charge is -2.11. The predicted molar refractivity (Wildman–Crippen MR) is 64.6 cm³/mol. The van der Waals surface area contributed by atoms with Crippen molar-refractivity contribution in [2.75, 3.05) is 6.61 Å². The van der Waals surface area contributed by atoms with Crippen molar-refractivity contribution in [1.29, 1.82) is 0 Å². The van der Waals surface area contributed by atoms with E-state index in [4.69, 9.17) is 4.74 Å². The molecule has 0 saturated heterocycles. The fraction of sp³-hybridized carbons (Fsp3) is 0.429. The van der Waals surface area contributed by atoms with Gasteiger partial charge in [-0.1, -0.05) is 25.6 Å². The molecule has 0 fully saturated rings. The van der Waals surface area contributed by atoms with Crippen LogP contribution in [-0.2, 0) is 6.42 Å². The van der Waals surface area contributed by atoms with Crippen LogP contribution < -0.4 is 4.74 Å².